The lowest BCUT2D eigenvalue weighted by atomic mass is 9.99. The van der Waals surface area contributed by atoms with Crippen LogP contribution in [0.25, 0.3) is 0 Å². The lowest BCUT2D eigenvalue weighted by molar-refractivity contribution is 0.0268. The zero-order valence-electron chi connectivity index (χ0n) is 13.5. The number of hydrogen-bond acceptors (Lipinski definition) is 3. The van der Waals surface area contributed by atoms with Gasteiger partial charge in [-0.05, 0) is 46.2 Å². The summed E-state index contributed by atoms with van der Waals surface area (Å²) in [6, 6.07) is 0. The number of nitrogens with one attached hydrogen (secondary N) is 2. The SMILES string of the molecule is CN=C(NCC1CCCN(C)C1)NCC(C)(C)OC.I. The summed E-state index contributed by atoms with van der Waals surface area (Å²) in [5.41, 5.74) is -0.178. The molecule has 1 fully saturated rings. The lowest BCUT2D eigenvalue weighted by Crippen LogP contribution is -2.47. The Morgan fingerprint density at radius 3 is 2.65 bits per heavy atom. The summed E-state index contributed by atoms with van der Waals surface area (Å²) in [6.45, 7) is 8.25. The highest BCUT2D eigenvalue weighted by Crippen LogP contribution is 2.13. The molecule has 120 valence electrons. The predicted octanol–water partition coefficient (Wildman–Crippen LogP) is 1.54. The van der Waals surface area contributed by atoms with E-state index in [1.165, 1.54) is 25.9 Å². The van der Waals surface area contributed by atoms with Gasteiger partial charge < -0.3 is 20.3 Å². The largest absolute Gasteiger partial charge is 0.377 e. The average molecular weight is 398 g/mol. The molecule has 0 aromatic heterocycles. The van der Waals surface area contributed by atoms with Crippen LogP contribution in [0.5, 0.6) is 0 Å². The summed E-state index contributed by atoms with van der Waals surface area (Å²) in [5, 5.41) is 6.72. The van der Waals surface area contributed by atoms with Crippen LogP contribution in [0, 0.1) is 5.92 Å². The monoisotopic (exact) mass is 398 g/mol. The van der Waals surface area contributed by atoms with Gasteiger partial charge in [-0.2, -0.15) is 0 Å². The van der Waals surface area contributed by atoms with Gasteiger partial charge in [-0.3, -0.25) is 4.99 Å². The maximum absolute atomic E-state index is 5.39. The number of methoxy groups -OCH3 is 1. The summed E-state index contributed by atoms with van der Waals surface area (Å²) in [4.78, 5) is 6.66. The van der Waals surface area contributed by atoms with Crippen molar-refractivity contribution in [2.24, 2.45) is 10.9 Å². The average Bonchev–Trinajstić information content (AvgIpc) is 2.39. The zero-order chi connectivity index (χ0) is 14.3. The van der Waals surface area contributed by atoms with Crippen molar-refractivity contribution in [1.29, 1.82) is 0 Å². The molecule has 0 aromatic rings. The Kier molecular flexibility index (Phi) is 9.74. The minimum absolute atomic E-state index is 0. The number of likely N-dealkylation sites (tertiary alicyclic amines) is 1. The summed E-state index contributed by atoms with van der Waals surface area (Å²) in [7, 11) is 5.73. The second kappa shape index (κ2) is 9.78. The quantitative estimate of drug-likeness (QED) is 0.419. The first kappa shape index (κ1) is 19.9. The van der Waals surface area contributed by atoms with Crippen LogP contribution in [0.3, 0.4) is 0 Å². The standard InChI is InChI=1S/C14H30N4O.HI/c1-14(2,19-5)11-17-13(15-3)16-9-12-7-6-8-18(4)10-12;/h12H,6-11H2,1-5H3,(H2,15,16,17);1H. The van der Waals surface area contributed by atoms with Gasteiger partial charge in [-0.25, -0.2) is 0 Å². The van der Waals surface area contributed by atoms with E-state index >= 15 is 0 Å². The molecule has 20 heavy (non-hydrogen) atoms. The number of aliphatic imine (C=N–C) groups is 1. The third-order valence-electron chi connectivity index (χ3n) is 3.74. The summed E-state index contributed by atoms with van der Waals surface area (Å²) in [5.74, 6) is 1.58. The molecule has 0 radical (unpaired) electrons. The number of ether oxygens (including phenoxy) is 1. The van der Waals surface area contributed by atoms with Gasteiger partial charge in [0.25, 0.3) is 0 Å². The first-order chi connectivity index (χ1) is 8.96. The van der Waals surface area contributed by atoms with E-state index in [2.05, 4.69) is 41.4 Å². The first-order valence-corrected chi connectivity index (χ1v) is 7.15. The van der Waals surface area contributed by atoms with Crippen molar-refractivity contribution in [2.75, 3.05) is 47.4 Å². The Morgan fingerprint density at radius 1 is 1.40 bits per heavy atom. The molecule has 1 heterocycles. The van der Waals surface area contributed by atoms with Gasteiger partial charge in [-0.15, -0.1) is 24.0 Å². The number of guanidine groups is 1. The Morgan fingerprint density at radius 2 is 2.10 bits per heavy atom. The van der Waals surface area contributed by atoms with Gasteiger partial charge >= 0.3 is 0 Å². The molecular weight excluding hydrogens is 367 g/mol. The number of nitrogens with zero attached hydrogens (tertiary/aromatic N) is 2. The number of halogens is 1. The van der Waals surface area contributed by atoms with E-state index in [0.717, 1.165) is 19.0 Å². The van der Waals surface area contributed by atoms with Gasteiger partial charge in [-0.1, -0.05) is 0 Å². The molecule has 5 nitrogen and oxygen atoms in total. The number of hydrogen-bond donors (Lipinski definition) is 2. The Balaban J connectivity index is 0.00000361. The van der Waals surface area contributed by atoms with Crippen molar-refractivity contribution in [3.05, 3.63) is 0 Å². The van der Waals surface area contributed by atoms with Gasteiger partial charge in [0.15, 0.2) is 5.96 Å². The molecule has 2 N–H and O–H groups in total. The molecule has 1 rings (SSSR count). The number of piperidine rings is 1. The van der Waals surface area contributed by atoms with E-state index in [4.69, 9.17) is 4.74 Å². The molecule has 0 bridgehead atoms. The van der Waals surface area contributed by atoms with Crippen LogP contribution in [0.2, 0.25) is 0 Å². The highest BCUT2D eigenvalue weighted by molar-refractivity contribution is 14.0. The topological polar surface area (TPSA) is 48.9 Å². The molecule has 1 atom stereocenters. The molecule has 0 saturated carbocycles. The van der Waals surface area contributed by atoms with Crippen LogP contribution in [-0.2, 0) is 4.74 Å². The maximum Gasteiger partial charge on any atom is 0.191 e. The van der Waals surface area contributed by atoms with E-state index in [1.54, 1.807) is 7.11 Å². The molecule has 1 aliphatic heterocycles. The molecule has 0 aliphatic carbocycles. The fourth-order valence-electron chi connectivity index (χ4n) is 2.27. The number of rotatable bonds is 5. The smallest absolute Gasteiger partial charge is 0.191 e. The first-order valence-electron chi connectivity index (χ1n) is 7.15. The van der Waals surface area contributed by atoms with E-state index in [0.29, 0.717) is 5.92 Å². The van der Waals surface area contributed by atoms with Crippen molar-refractivity contribution < 1.29 is 4.74 Å². The summed E-state index contributed by atoms with van der Waals surface area (Å²) < 4.78 is 5.39. The molecule has 0 amide bonds. The Labute approximate surface area is 140 Å². The molecule has 0 aromatic carbocycles. The van der Waals surface area contributed by atoms with Crippen LogP contribution < -0.4 is 10.6 Å². The van der Waals surface area contributed by atoms with Crippen molar-refractivity contribution in [3.63, 3.8) is 0 Å². The van der Waals surface area contributed by atoms with E-state index in [1.807, 2.05) is 7.05 Å². The third kappa shape index (κ3) is 7.64. The molecule has 1 saturated heterocycles. The van der Waals surface area contributed by atoms with Gasteiger partial charge in [0.2, 0.25) is 0 Å². The third-order valence-corrected chi connectivity index (χ3v) is 3.74. The second-order valence-corrected chi connectivity index (χ2v) is 6.04. The highest BCUT2D eigenvalue weighted by atomic mass is 127. The maximum atomic E-state index is 5.39. The molecule has 1 unspecified atom stereocenters. The predicted molar refractivity (Wildman–Crippen MR) is 96.1 cm³/mol. The van der Waals surface area contributed by atoms with Crippen molar-refractivity contribution in [1.82, 2.24) is 15.5 Å². The van der Waals surface area contributed by atoms with Crippen molar-refractivity contribution in [2.45, 2.75) is 32.3 Å². The molecule has 1 aliphatic rings. The Hall–Kier alpha value is -0.0800. The fourth-order valence-corrected chi connectivity index (χ4v) is 2.27. The molecular formula is C14H31IN4O. The highest BCUT2D eigenvalue weighted by Gasteiger charge is 2.19. The van der Waals surface area contributed by atoms with Crippen molar-refractivity contribution in [3.8, 4) is 0 Å². The van der Waals surface area contributed by atoms with Gasteiger partial charge in [0.1, 0.15) is 0 Å². The van der Waals surface area contributed by atoms with Crippen LogP contribution in [-0.4, -0.2) is 63.8 Å². The molecule has 0 spiro atoms. The minimum atomic E-state index is -0.178. The zero-order valence-corrected chi connectivity index (χ0v) is 15.9. The fraction of sp³-hybridized carbons (Fsp3) is 0.929. The van der Waals surface area contributed by atoms with E-state index < -0.39 is 0 Å². The van der Waals surface area contributed by atoms with Crippen LogP contribution >= 0.6 is 24.0 Å². The van der Waals surface area contributed by atoms with Crippen LogP contribution in [0.4, 0.5) is 0 Å². The normalized spacial score (nSPS) is 21.2. The van der Waals surface area contributed by atoms with Crippen LogP contribution in [0.1, 0.15) is 26.7 Å². The summed E-state index contributed by atoms with van der Waals surface area (Å²) >= 11 is 0. The minimum Gasteiger partial charge on any atom is -0.377 e. The second-order valence-electron chi connectivity index (χ2n) is 6.04. The van der Waals surface area contributed by atoms with Gasteiger partial charge in [0.05, 0.1) is 5.60 Å². The van der Waals surface area contributed by atoms with E-state index in [-0.39, 0.29) is 29.6 Å². The Bertz CT molecular complexity index is 297. The van der Waals surface area contributed by atoms with Crippen molar-refractivity contribution >= 4 is 29.9 Å². The van der Waals surface area contributed by atoms with Crippen LogP contribution in [0.15, 0.2) is 4.99 Å². The summed E-state index contributed by atoms with van der Waals surface area (Å²) in [6.07, 6.45) is 2.60. The van der Waals surface area contributed by atoms with E-state index in [9.17, 15) is 0 Å². The lowest BCUT2D eigenvalue weighted by Gasteiger charge is -2.30. The van der Waals surface area contributed by atoms with Gasteiger partial charge in [0, 0.05) is 33.8 Å². The molecule has 6 heteroatoms.